The van der Waals surface area contributed by atoms with E-state index in [1.807, 2.05) is 13.0 Å². The number of aromatic carboxylic acids is 1. The molecule has 0 radical (unpaired) electrons. The molecule has 14 nitrogen and oxygen atoms in total. The second-order valence-electron chi connectivity index (χ2n) is 14.6. The van der Waals surface area contributed by atoms with Gasteiger partial charge in [-0.15, -0.1) is 0 Å². The van der Waals surface area contributed by atoms with Crippen LogP contribution in [0.1, 0.15) is 84.4 Å². The number of benzene rings is 4. The van der Waals surface area contributed by atoms with Crippen molar-refractivity contribution in [2.45, 2.75) is 77.5 Å². The number of nitrogens with one attached hydrogen (secondary N) is 1. The van der Waals surface area contributed by atoms with Crippen LogP contribution in [-0.4, -0.2) is 80.9 Å². The first-order valence-electron chi connectivity index (χ1n) is 18.8. The van der Waals surface area contributed by atoms with Crippen LogP contribution in [0.2, 0.25) is 0 Å². The van der Waals surface area contributed by atoms with Gasteiger partial charge in [-0.2, -0.15) is 0 Å². The van der Waals surface area contributed by atoms with Crippen LogP contribution in [0.3, 0.4) is 0 Å². The molecule has 0 aliphatic rings. The first-order valence-corrected chi connectivity index (χ1v) is 18.8. The molecule has 0 heterocycles. The lowest BCUT2D eigenvalue weighted by atomic mass is 9.98. The van der Waals surface area contributed by atoms with Gasteiger partial charge < -0.3 is 30.9 Å². The van der Waals surface area contributed by atoms with Crippen LogP contribution in [0, 0.1) is 0 Å². The van der Waals surface area contributed by atoms with Crippen molar-refractivity contribution in [3.05, 3.63) is 131 Å². The number of amides is 4. The molecule has 14 heteroatoms. The topological polar surface area (TPSA) is 214 Å². The summed E-state index contributed by atoms with van der Waals surface area (Å²) in [5, 5.41) is 22.0. The van der Waals surface area contributed by atoms with Crippen molar-refractivity contribution in [2.24, 2.45) is 5.73 Å². The van der Waals surface area contributed by atoms with Crippen molar-refractivity contribution in [2.75, 3.05) is 11.4 Å². The molecular weight excluding hydrogens is 745 g/mol. The molecule has 0 spiro atoms. The number of ketones is 1. The Labute approximate surface area is 336 Å². The van der Waals surface area contributed by atoms with Gasteiger partial charge in [-0.3, -0.25) is 24.1 Å². The number of primary amides is 1. The van der Waals surface area contributed by atoms with Crippen LogP contribution >= 0.6 is 0 Å². The Bertz CT molecular complexity index is 2110. The number of unbranched alkanes of at least 4 members (excludes halogenated alkanes) is 2. The van der Waals surface area contributed by atoms with Gasteiger partial charge in [0.25, 0.3) is 0 Å². The van der Waals surface area contributed by atoms with E-state index in [-0.39, 0.29) is 42.1 Å². The minimum absolute atomic E-state index is 0.0202. The summed E-state index contributed by atoms with van der Waals surface area (Å²) in [6, 6.07) is 24.3. The smallest absolute Gasteiger partial charge is 0.408 e. The van der Waals surface area contributed by atoms with Gasteiger partial charge in [0.2, 0.25) is 11.8 Å². The maximum atomic E-state index is 14.6. The molecule has 4 aromatic carbocycles. The number of ether oxygens (including phenoxy) is 1. The van der Waals surface area contributed by atoms with Crippen LogP contribution in [-0.2, 0) is 36.8 Å². The summed E-state index contributed by atoms with van der Waals surface area (Å²) in [6.07, 6.45) is 1.06. The highest BCUT2D eigenvalue weighted by Gasteiger charge is 2.35. The van der Waals surface area contributed by atoms with E-state index in [0.717, 1.165) is 17.7 Å². The third kappa shape index (κ3) is 11.8. The SMILES string of the molecule is CCCCCN(C(=O)[C@H](Cc1ccc(C(=O)c2ccccc2)cc1)NC(=O)OC(C)(C)C)[C@@H](Cc1ccc(N(C(=O)C(=O)O)c2ccccc2C(=O)O)cc1)C(N)=O. The molecule has 0 fully saturated rings. The molecule has 4 amide bonds. The molecule has 58 heavy (non-hydrogen) atoms. The van der Waals surface area contributed by atoms with Gasteiger partial charge in [0.15, 0.2) is 5.78 Å². The number of rotatable bonds is 17. The average molecular weight is 793 g/mol. The largest absolute Gasteiger partial charge is 0.478 e. The van der Waals surface area contributed by atoms with Gasteiger partial charge >= 0.3 is 23.9 Å². The standard InChI is InChI=1S/C44H48N4O10/c1-5-6-12-25-47(36(38(45)50)27-29-19-23-32(24-20-29)48(40(52)42(55)56)35-16-11-10-15-33(35)41(53)54)39(51)34(46-43(57)58-44(2,3)4)26-28-17-21-31(22-18-28)37(49)30-13-8-7-9-14-30/h7-11,13-24,34,36H,5-6,12,25-27H2,1-4H3,(H2,45,50)(H,46,57)(H,53,54)(H,55,56)/t34-,36-/m0/s1. The summed E-state index contributed by atoms with van der Waals surface area (Å²) in [7, 11) is 0. The molecule has 0 saturated carbocycles. The Hall–Kier alpha value is -6.83. The van der Waals surface area contributed by atoms with Crippen LogP contribution < -0.4 is 16.0 Å². The van der Waals surface area contributed by atoms with Crippen molar-refractivity contribution in [1.82, 2.24) is 10.2 Å². The highest BCUT2D eigenvalue weighted by molar-refractivity contribution is 6.39. The Balaban J connectivity index is 1.68. The Kier molecular flexibility index (Phi) is 15.0. The Morgan fingerprint density at radius 2 is 1.31 bits per heavy atom. The quantitative estimate of drug-likeness (QED) is 0.0563. The molecule has 2 atom stereocenters. The number of anilines is 2. The molecule has 4 rings (SSSR count). The lowest BCUT2D eigenvalue weighted by Gasteiger charge is -2.34. The molecule has 0 unspecified atom stereocenters. The van der Waals surface area contributed by atoms with E-state index in [1.165, 1.54) is 53.4 Å². The maximum Gasteiger partial charge on any atom is 0.408 e. The first kappa shape index (κ1) is 43.9. The van der Waals surface area contributed by atoms with Gasteiger partial charge in [0.1, 0.15) is 17.7 Å². The van der Waals surface area contributed by atoms with Crippen LogP contribution in [0.15, 0.2) is 103 Å². The normalized spacial score (nSPS) is 12.1. The minimum Gasteiger partial charge on any atom is -0.478 e. The van der Waals surface area contributed by atoms with Gasteiger partial charge in [-0.25, -0.2) is 14.4 Å². The number of nitrogens with two attached hydrogens (primary N) is 1. The fraction of sp³-hybridized carbons (Fsp3) is 0.295. The molecule has 0 saturated heterocycles. The van der Waals surface area contributed by atoms with Crippen LogP contribution in [0.4, 0.5) is 16.2 Å². The van der Waals surface area contributed by atoms with E-state index in [1.54, 1.807) is 69.3 Å². The second-order valence-corrected chi connectivity index (χ2v) is 14.6. The lowest BCUT2D eigenvalue weighted by Crippen LogP contribution is -2.57. The molecule has 5 N–H and O–H groups in total. The summed E-state index contributed by atoms with van der Waals surface area (Å²) in [6.45, 7) is 7.13. The number of hydrogen-bond acceptors (Lipinski definition) is 8. The van der Waals surface area contributed by atoms with Gasteiger partial charge in [0, 0.05) is 36.2 Å². The van der Waals surface area contributed by atoms with Crippen molar-refractivity contribution in [1.29, 1.82) is 0 Å². The minimum atomic E-state index is -1.81. The predicted octanol–water partition coefficient (Wildman–Crippen LogP) is 5.92. The lowest BCUT2D eigenvalue weighted by molar-refractivity contribution is -0.148. The number of nitrogens with zero attached hydrogens (tertiary/aromatic N) is 2. The predicted molar refractivity (Wildman–Crippen MR) is 216 cm³/mol. The van der Waals surface area contributed by atoms with Crippen LogP contribution in [0.5, 0.6) is 0 Å². The summed E-state index contributed by atoms with van der Waals surface area (Å²) in [5.41, 5.74) is 6.69. The second kappa shape index (κ2) is 19.9. The first-order chi connectivity index (χ1) is 27.5. The van der Waals surface area contributed by atoms with Crippen molar-refractivity contribution >= 4 is 52.9 Å². The van der Waals surface area contributed by atoms with Crippen LogP contribution in [0.25, 0.3) is 0 Å². The number of carboxylic acid groups (broad SMARTS) is 2. The molecule has 0 aromatic heterocycles. The van der Waals surface area contributed by atoms with E-state index in [2.05, 4.69) is 5.32 Å². The molecule has 0 aliphatic heterocycles. The summed E-state index contributed by atoms with van der Waals surface area (Å²) >= 11 is 0. The zero-order valence-corrected chi connectivity index (χ0v) is 32.8. The Morgan fingerprint density at radius 1 is 0.741 bits per heavy atom. The molecule has 304 valence electrons. The summed E-state index contributed by atoms with van der Waals surface area (Å²) in [4.78, 5) is 92.8. The van der Waals surface area contributed by atoms with E-state index < -0.39 is 53.4 Å². The number of carboxylic acids is 2. The van der Waals surface area contributed by atoms with Gasteiger partial charge in [-0.05, 0) is 62.6 Å². The number of para-hydroxylation sites is 1. The van der Waals surface area contributed by atoms with Crippen molar-refractivity contribution < 1.29 is 48.5 Å². The summed E-state index contributed by atoms with van der Waals surface area (Å²) < 4.78 is 5.50. The third-order valence-corrected chi connectivity index (χ3v) is 9.06. The average Bonchev–Trinajstić information content (AvgIpc) is 3.18. The maximum absolute atomic E-state index is 14.6. The molecule has 0 bridgehead atoms. The number of aliphatic carboxylic acids is 1. The van der Waals surface area contributed by atoms with Gasteiger partial charge in [0.05, 0.1) is 11.3 Å². The van der Waals surface area contributed by atoms with E-state index >= 15 is 0 Å². The fourth-order valence-electron chi connectivity index (χ4n) is 6.27. The summed E-state index contributed by atoms with van der Waals surface area (Å²) in [5.74, 6) is -6.20. The van der Waals surface area contributed by atoms with E-state index in [9.17, 15) is 43.8 Å². The zero-order chi connectivity index (χ0) is 42.6. The van der Waals surface area contributed by atoms with Crippen molar-refractivity contribution in [3.63, 3.8) is 0 Å². The van der Waals surface area contributed by atoms with Crippen molar-refractivity contribution in [3.8, 4) is 0 Å². The van der Waals surface area contributed by atoms with Gasteiger partial charge in [-0.1, -0.05) is 98.6 Å². The van der Waals surface area contributed by atoms with E-state index in [4.69, 9.17) is 10.5 Å². The van der Waals surface area contributed by atoms with E-state index in [0.29, 0.717) is 28.7 Å². The number of carbonyl (C=O) groups excluding carboxylic acids is 5. The number of alkyl carbamates (subject to hydrolysis) is 1. The molecule has 0 aliphatic carbocycles. The number of hydrogen-bond donors (Lipinski definition) is 4. The molecule has 4 aromatic rings. The number of carbonyl (C=O) groups is 7. The fourth-order valence-corrected chi connectivity index (χ4v) is 6.27. The highest BCUT2D eigenvalue weighted by atomic mass is 16.6. The highest BCUT2D eigenvalue weighted by Crippen LogP contribution is 2.30. The molecular formula is C44H48N4O10. The zero-order valence-electron chi connectivity index (χ0n) is 32.8. The Morgan fingerprint density at radius 3 is 1.88 bits per heavy atom. The monoisotopic (exact) mass is 792 g/mol. The third-order valence-electron chi connectivity index (χ3n) is 9.06.